The summed E-state index contributed by atoms with van der Waals surface area (Å²) in [6.07, 6.45) is 5.55. The van der Waals surface area contributed by atoms with Gasteiger partial charge in [-0.25, -0.2) is 4.79 Å². The molecule has 1 aromatic carbocycles. The summed E-state index contributed by atoms with van der Waals surface area (Å²) in [5.41, 5.74) is 1.02. The summed E-state index contributed by atoms with van der Waals surface area (Å²) in [7, 11) is 0. The van der Waals surface area contributed by atoms with Crippen molar-refractivity contribution in [3.63, 3.8) is 0 Å². The Labute approximate surface area is 166 Å². The van der Waals surface area contributed by atoms with Crippen molar-refractivity contribution >= 4 is 12.1 Å². The number of carbonyl (C=O) groups excluding carboxylic acids is 1. The maximum Gasteiger partial charge on any atom is 0.407 e. The Morgan fingerprint density at radius 3 is 2.50 bits per heavy atom. The van der Waals surface area contributed by atoms with Gasteiger partial charge in [0, 0.05) is 25.0 Å². The molecule has 3 aliphatic rings. The molecule has 1 unspecified atom stereocenters. The van der Waals surface area contributed by atoms with Gasteiger partial charge in [-0.15, -0.1) is 0 Å². The highest BCUT2D eigenvalue weighted by Gasteiger charge is 2.49. The number of carboxylic acid groups (broad SMARTS) is 1. The van der Waals surface area contributed by atoms with Gasteiger partial charge in [0.1, 0.15) is 12.6 Å². The number of hydrogen-bond donors (Lipinski definition) is 1. The zero-order valence-corrected chi connectivity index (χ0v) is 16.4. The van der Waals surface area contributed by atoms with Crippen LogP contribution in [-0.2, 0) is 16.1 Å². The van der Waals surface area contributed by atoms with E-state index in [1.54, 1.807) is 0 Å². The summed E-state index contributed by atoms with van der Waals surface area (Å²) in [6.45, 7) is 3.17. The van der Waals surface area contributed by atoms with E-state index in [0.29, 0.717) is 25.6 Å². The standard InChI is InChI=1S/C22H30N2O4/c25-20(28-14-17-6-2-1-3-7-17)19(18-8-4-5-9-18)23-12-10-22(15-23)11-13-24(16-22)21(26)27/h1-3,6-7,18-19H,4-5,8-16H2,(H,26,27)/t19-,22?/m0/s1. The van der Waals surface area contributed by atoms with Crippen molar-refractivity contribution in [3.8, 4) is 0 Å². The first-order valence-corrected chi connectivity index (χ1v) is 10.5. The van der Waals surface area contributed by atoms with Gasteiger partial charge in [0.2, 0.25) is 0 Å². The van der Waals surface area contributed by atoms with E-state index >= 15 is 0 Å². The number of nitrogens with zero attached hydrogens (tertiary/aromatic N) is 2. The molecule has 6 heteroatoms. The van der Waals surface area contributed by atoms with Crippen molar-refractivity contribution < 1.29 is 19.4 Å². The Morgan fingerprint density at radius 2 is 1.82 bits per heavy atom. The van der Waals surface area contributed by atoms with Gasteiger partial charge >= 0.3 is 12.1 Å². The zero-order valence-electron chi connectivity index (χ0n) is 16.4. The molecule has 6 nitrogen and oxygen atoms in total. The van der Waals surface area contributed by atoms with Crippen LogP contribution in [0.25, 0.3) is 0 Å². The molecule has 2 saturated heterocycles. The van der Waals surface area contributed by atoms with Crippen LogP contribution in [0.5, 0.6) is 0 Å². The Bertz CT molecular complexity index is 704. The van der Waals surface area contributed by atoms with E-state index in [2.05, 4.69) is 4.90 Å². The van der Waals surface area contributed by atoms with Gasteiger partial charge in [-0.05, 0) is 43.7 Å². The van der Waals surface area contributed by atoms with E-state index < -0.39 is 6.09 Å². The van der Waals surface area contributed by atoms with E-state index in [4.69, 9.17) is 4.74 Å². The number of amides is 1. The molecule has 0 bridgehead atoms. The lowest BCUT2D eigenvalue weighted by Crippen LogP contribution is -2.46. The lowest BCUT2D eigenvalue weighted by atomic mass is 9.86. The van der Waals surface area contributed by atoms with Crippen LogP contribution in [0.2, 0.25) is 0 Å². The van der Waals surface area contributed by atoms with Crippen LogP contribution in [0.15, 0.2) is 30.3 Å². The molecule has 1 saturated carbocycles. The highest BCUT2D eigenvalue weighted by atomic mass is 16.5. The average Bonchev–Trinajstić information content (AvgIpc) is 3.44. The molecule has 3 fully saturated rings. The van der Waals surface area contributed by atoms with Crippen LogP contribution in [0, 0.1) is 11.3 Å². The second-order valence-electron chi connectivity index (χ2n) is 8.76. The van der Waals surface area contributed by atoms with Gasteiger partial charge in [0.05, 0.1) is 0 Å². The topological polar surface area (TPSA) is 70.1 Å². The predicted octanol–water partition coefficient (Wildman–Crippen LogP) is 3.36. The SMILES string of the molecule is O=C(OCc1ccccc1)[C@H](C1CCCC1)N1CCC2(CCN(C(=O)O)C2)C1. The Morgan fingerprint density at radius 1 is 1.11 bits per heavy atom. The molecule has 2 aliphatic heterocycles. The summed E-state index contributed by atoms with van der Waals surface area (Å²) in [4.78, 5) is 28.3. The fraction of sp³-hybridized carbons (Fsp3) is 0.636. The lowest BCUT2D eigenvalue weighted by Gasteiger charge is -2.32. The highest BCUT2D eigenvalue weighted by molar-refractivity contribution is 5.76. The molecule has 2 heterocycles. The first kappa shape index (κ1) is 19.2. The molecule has 1 N–H and O–H groups in total. The van der Waals surface area contributed by atoms with E-state index in [9.17, 15) is 14.7 Å². The van der Waals surface area contributed by atoms with Gasteiger partial charge < -0.3 is 14.7 Å². The third-order valence-corrected chi connectivity index (χ3v) is 6.88. The first-order chi connectivity index (χ1) is 13.6. The smallest absolute Gasteiger partial charge is 0.407 e. The number of likely N-dealkylation sites (tertiary alicyclic amines) is 2. The van der Waals surface area contributed by atoms with Crippen LogP contribution in [0.3, 0.4) is 0 Å². The molecular formula is C22H30N2O4. The minimum absolute atomic E-state index is 0.00888. The highest BCUT2D eigenvalue weighted by Crippen LogP contribution is 2.42. The summed E-state index contributed by atoms with van der Waals surface area (Å²) in [6, 6.07) is 9.62. The van der Waals surface area contributed by atoms with Gasteiger partial charge in [-0.2, -0.15) is 0 Å². The summed E-state index contributed by atoms with van der Waals surface area (Å²) in [5, 5.41) is 9.31. The molecule has 152 valence electrons. The largest absolute Gasteiger partial charge is 0.465 e. The van der Waals surface area contributed by atoms with Crippen molar-refractivity contribution in [1.82, 2.24) is 9.80 Å². The fourth-order valence-corrected chi connectivity index (χ4v) is 5.37. The number of benzene rings is 1. The molecule has 1 aromatic rings. The van der Waals surface area contributed by atoms with E-state index in [1.807, 2.05) is 30.3 Å². The van der Waals surface area contributed by atoms with Crippen molar-refractivity contribution in [2.45, 2.75) is 51.2 Å². The second-order valence-corrected chi connectivity index (χ2v) is 8.76. The van der Waals surface area contributed by atoms with Gasteiger partial charge in [-0.1, -0.05) is 43.2 Å². The van der Waals surface area contributed by atoms with Gasteiger partial charge in [0.15, 0.2) is 0 Å². The van der Waals surface area contributed by atoms with Crippen LogP contribution in [-0.4, -0.2) is 59.2 Å². The minimum Gasteiger partial charge on any atom is -0.465 e. The number of hydrogen-bond acceptors (Lipinski definition) is 4. The number of carbonyl (C=O) groups is 2. The normalized spacial score (nSPS) is 26.8. The van der Waals surface area contributed by atoms with E-state index in [1.165, 1.54) is 17.7 Å². The Hall–Kier alpha value is -2.08. The predicted molar refractivity (Wildman–Crippen MR) is 105 cm³/mol. The Kier molecular flexibility index (Phi) is 5.58. The second kappa shape index (κ2) is 8.11. The molecule has 1 amide bonds. The van der Waals surface area contributed by atoms with Gasteiger partial charge in [-0.3, -0.25) is 9.69 Å². The van der Waals surface area contributed by atoms with E-state index in [-0.39, 0.29) is 17.4 Å². The summed E-state index contributed by atoms with van der Waals surface area (Å²) < 4.78 is 5.74. The van der Waals surface area contributed by atoms with Crippen LogP contribution in [0.1, 0.15) is 44.1 Å². The van der Waals surface area contributed by atoms with Crippen molar-refractivity contribution in [2.24, 2.45) is 11.3 Å². The lowest BCUT2D eigenvalue weighted by molar-refractivity contribution is -0.153. The maximum absolute atomic E-state index is 13.1. The third kappa shape index (κ3) is 4.02. The number of esters is 1. The number of rotatable bonds is 5. The van der Waals surface area contributed by atoms with Crippen LogP contribution >= 0.6 is 0 Å². The minimum atomic E-state index is -0.829. The van der Waals surface area contributed by atoms with Gasteiger partial charge in [0.25, 0.3) is 0 Å². The van der Waals surface area contributed by atoms with Crippen LogP contribution in [0.4, 0.5) is 4.79 Å². The fourth-order valence-electron chi connectivity index (χ4n) is 5.37. The molecule has 0 aromatic heterocycles. The summed E-state index contributed by atoms with van der Waals surface area (Å²) in [5.74, 6) is 0.247. The van der Waals surface area contributed by atoms with Crippen molar-refractivity contribution in [3.05, 3.63) is 35.9 Å². The molecule has 28 heavy (non-hydrogen) atoms. The molecule has 0 radical (unpaired) electrons. The quantitative estimate of drug-likeness (QED) is 0.786. The Balaban J connectivity index is 1.43. The molecule has 1 spiro atoms. The molecular weight excluding hydrogens is 356 g/mol. The monoisotopic (exact) mass is 386 g/mol. The molecule has 1 aliphatic carbocycles. The average molecular weight is 386 g/mol. The van der Waals surface area contributed by atoms with Crippen molar-refractivity contribution in [1.29, 1.82) is 0 Å². The summed E-state index contributed by atoms with van der Waals surface area (Å²) >= 11 is 0. The van der Waals surface area contributed by atoms with Crippen LogP contribution < -0.4 is 0 Å². The number of ether oxygens (including phenoxy) is 1. The first-order valence-electron chi connectivity index (χ1n) is 10.5. The zero-order chi connectivity index (χ0) is 19.6. The van der Waals surface area contributed by atoms with Crippen molar-refractivity contribution in [2.75, 3.05) is 26.2 Å². The third-order valence-electron chi connectivity index (χ3n) is 6.88. The van der Waals surface area contributed by atoms with E-state index in [0.717, 1.165) is 44.3 Å². The molecule has 4 rings (SSSR count). The maximum atomic E-state index is 13.1. The molecule has 2 atom stereocenters.